The van der Waals surface area contributed by atoms with Crippen LogP contribution in [0.15, 0.2) is 53.1 Å². The number of nitrogens with one attached hydrogen (secondary N) is 1. The van der Waals surface area contributed by atoms with E-state index >= 15 is 0 Å². The molecule has 1 unspecified atom stereocenters. The van der Waals surface area contributed by atoms with Crippen LogP contribution in [0, 0.1) is 6.92 Å². The molecule has 1 saturated heterocycles. The first kappa shape index (κ1) is 22.6. The van der Waals surface area contributed by atoms with E-state index in [-0.39, 0.29) is 29.9 Å². The number of rotatable bonds is 8. The maximum absolute atomic E-state index is 12.4. The zero-order valence-corrected chi connectivity index (χ0v) is 18.7. The van der Waals surface area contributed by atoms with Gasteiger partial charge in [0.25, 0.3) is 5.91 Å². The van der Waals surface area contributed by atoms with Crippen molar-refractivity contribution in [1.29, 1.82) is 0 Å². The fourth-order valence-electron chi connectivity index (χ4n) is 3.54. The molecule has 0 radical (unpaired) electrons. The van der Waals surface area contributed by atoms with Gasteiger partial charge >= 0.3 is 5.97 Å². The van der Waals surface area contributed by atoms with Crippen LogP contribution in [-0.4, -0.2) is 48.2 Å². The highest BCUT2D eigenvalue weighted by molar-refractivity contribution is 7.91. The lowest BCUT2D eigenvalue weighted by Crippen LogP contribution is -2.24. The number of aromatic nitrogens is 2. The van der Waals surface area contributed by atoms with Gasteiger partial charge < -0.3 is 19.2 Å². The number of amides is 1. The smallest absolute Gasteiger partial charge is 0.375 e. The van der Waals surface area contributed by atoms with Crippen LogP contribution in [0.5, 0.6) is 5.75 Å². The molecule has 0 saturated carbocycles. The Morgan fingerprint density at radius 3 is 2.76 bits per heavy atom. The van der Waals surface area contributed by atoms with Crippen molar-refractivity contribution in [2.24, 2.45) is 0 Å². The summed E-state index contributed by atoms with van der Waals surface area (Å²) >= 11 is 0. The summed E-state index contributed by atoms with van der Waals surface area (Å²) in [5.74, 6) is -0.382. The van der Waals surface area contributed by atoms with Crippen molar-refractivity contribution in [3.05, 3.63) is 65.7 Å². The van der Waals surface area contributed by atoms with E-state index in [0.29, 0.717) is 29.2 Å². The number of ether oxygens (including phenoxy) is 2. The second kappa shape index (κ2) is 9.49. The monoisotopic (exact) mass is 473 g/mol. The van der Waals surface area contributed by atoms with Gasteiger partial charge in [0.05, 0.1) is 29.5 Å². The summed E-state index contributed by atoms with van der Waals surface area (Å²) in [6, 6.07) is 12.0. The molecule has 0 spiro atoms. The molecule has 1 aromatic carbocycles. The molecule has 11 heteroatoms. The highest BCUT2D eigenvalue weighted by Crippen LogP contribution is 2.27. The molecule has 1 atom stereocenters. The zero-order chi connectivity index (χ0) is 23.4. The number of esters is 1. The number of furan rings is 1. The maximum atomic E-state index is 12.4. The van der Waals surface area contributed by atoms with Crippen molar-refractivity contribution in [3.8, 4) is 5.75 Å². The van der Waals surface area contributed by atoms with Gasteiger partial charge in [-0.3, -0.25) is 4.79 Å². The quantitative estimate of drug-likeness (QED) is 0.494. The SMILES string of the molecule is Cc1cc(NC(=O)COC(=O)c2occc2COc2ccccc2)n(C2CCS(=O)(=O)C2)n1. The molecule has 1 amide bonds. The molecule has 2 aromatic heterocycles. The largest absolute Gasteiger partial charge is 0.489 e. The molecule has 1 N–H and O–H groups in total. The summed E-state index contributed by atoms with van der Waals surface area (Å²) < 4.78 is 41.0. The lowest BCUT2D eigenvalue weighted by atomic mass is 10.2. The molecule has 174 valence electrons. The lowest BCUT2D eigenvalue weighted by Gasteiger charge is -2.13. The van der Waals surface area contributed by atoms with Gasteiger partial charge in [0, 0.05) is 11.6 Å². The topological polar surface area (TPSA) is 130 Å². The molecule has 0 aliphatic carbocycles. The van der Waals surface area contributed by atoms with Gasteiger partial charge in [-0.05, 0) is 31.5 Å². The summed E-state index contributed by atoms with van der Waals surface area (Å²) in [6.45, 7) is 1.29. The minimum absolute atomic E-state index is 0.0295. The van der Waals surface area contributed by atoms with E-state index in [1.165, 1.54) is 10.9 Å². The van der Waals surface area contributed by atoms with Crippen molar-refractivity contribution in [1.82, 2.24) is 9.78 Å². The van der Waals surface area contributed by atoms with Crippen molar-refractivity contribution in [3.63, 3.8) is 0 Å². The van der Waals surface area contributed by atoms with Crippen LogP contribution in [0.2, 0.25) is 0 Å². The number of anilines is 1. The van der Waals surface area contributed by atoms with E-state index < -0.39 is 28.3 Å². The number of nitrogens with zero attached hydrogens (tertiary/aromatic N) is 2. The van der Waals surface area contributed by atoms with E-state index in [1.54, 1.807) is 31.2 Å². The number of carbonyl (C=O) groups is 2. The second-order valence-corrected chi connectivity index (χ2v) is 9.90. The van der Waals surface area contributed by atoms with Crippen molar-refractivity contribution in [2.75, 3.05) is 23.4 Å². The van der Waals surface area contributed by atoms with Crippen LogP contribution in [0.4, 0.5) is 5.82 Å². The van der Waals surface area contributed by atoms with Crippen LogP contribution >= 0.6 is 0 Å². The molecular formula is C22H23N3O7S. The van der Waals surface area contributed by atoms with E-state index in [1.807, 2.05) is 18.2 Å². The summed E-state index contributed by atoms with van der Waals surface area (Å²) in [7, 11) is -3.12. The molecule has 3 heterocycles. The van der Waals surface area contributed by atoms with Crippen LogP contribution < -0.4 is 10.1 Å². The number of carbonyl (C=O) groups excluding carboxylic acids is 2. The second-order valence-electron chi connectivity index (χ2n) is 7.67. The minimum atomic E-state index is -3.12. The first-order valence-corrected chi connectivity index (χ1v) is 12.1. The molecule has 33 heavy (non-hydrogen) atoms. The number of benzene rings is 1. The molecule has 1 fully saturated rings. The third-order valence-electron chi connectivity index (χ3n) is 5.08. The molecule has 10 nitrogen and oxygen atoms in total. The van der Waals surface area contributed by atoms with Crippen molar-refractivity contribution >= 4 is 27.5 Å². The molecule has 4 rings (SSSR count). The van der Waals surface area contributed by atoms with Gasteiger partial charge in [0.2, 0.25) is 5.76 Å². The third kappa shape index (κ3) is 5.61. The predicted molar refractivity (Wildman–Crippen MR) is 118 cm³/mol. The van der Waals surface area contributed by atoms with Crippen LogP contribution in [0.25, 0.3) is 0 Å². The Hall–Kier alpha value is -3.60. The Morgan fingerprint density at radius 1 is 1.24 bits per heavy atom. The van der Waals surface area contributed by atoms with Gasteiger partial charge in [-0.15, -0.1) is 0 Å². The minimum Gasteiger partial charge on any atom is -0.489 e. The van der Waals surface area contributed by atoms with Crippen LogP contribution in [0.1, 0.15) is 34.3 Å². The number of para-hydroxylation sites is 1. The van der Waals surface area contributed by atoms with Gasteiger partial charge in [0.1, 0.15) is 18.2 Å². The highest BCUT2D eigenvalue weighted by atomic mass is 32.2. The fraction of sp³-hybridized carbons (Fsp3) is 0.318. The summed E-state index contributed by atoms with van der Waals surface area (Å²) in [5, 5.41) is 6.94. The Labute approximate surface area is 190 Å². The predicted octanol–water partition coefficient (Wildman–Crippen LogP) is 2.52. The Morgan fingerprint density at radius 2 is 2.03 bits per heavy atom. The van der Waals surface area contributed by atoms with Gasteiger partial charge in [-0.1, -0.05) is 18.2 Å². The van der Waals surface area contributed by atoms with Gasteiger partial charge in [-0.2, -0.15) is 5.10 Å². The first-order valence-electron chi connectivity index (χ1n) is 10.3. The van der Waals surface area contributed by atoms with E-state index in [4.69, 9.17) is 13.9 Å². The van der Waals surface area contributed by atoms with Gasteiger partial charge in [0.15, 0.2) is 16.4 Å². The normalized spacial score (nSPS) is 16.9. The fourth-order valence-corrected chi connectivity index (χ4v) is 5.23. The summed E-state index contributed by atoms with van der Waals surface area (Å²) in [5.41, 5.74) is 1.12. The van der Waals surface area contributed by atoms with E-state index in [9.17, 15) is 18.0 Å². The Bertz CT molecular complexity index is 1250. The molecule has 3 aromatic rings. The van der Waals surface area contributed by atoms with E-state index in [2.05, 4.69) is 10.4 Å². The van der Waals surface area contributed by atoms with Crippen molar-refractivity contribution < 1.29 is 31.9 Å². The van der Waals surface area contributed by atoms with Crippen molar-refractivity contribution in [2.45, 2.75) is 26.0 Å². The van der Waals surface area contributed by atoms with Crippen LogP contribution in [0.3, 0.4) is 0 Å². The Balaban J connectivity index is 1.33. The number of sulfone groups is 1. The summed E-state index contributed by atoms with van der Waals surface area (Å²) in [6.07, 6.45) is 1.77. The number of hydrogen-bond acceptors (Lipinski definition) is 8. The standard InChI is InChI=1S/C22H23N3O7S/c1-15-11-19(25(24-15)17-8-10-33(28,29)14-17)23-20(26)13-32-22(27)21-16(7-9-30-21)12-31-18-5-3-2-4-6-18/h2-7,9,11,17H,8,10,12-14H2,1H3,(H,23,26). The lowest BCUT2D eigenvalue weighted by molar-refractivity contribution is -0.119. The Kier molecular flexibility index (Phi) is 6.50. The zero-order valence-electron chi connectivity index (χ0n) is 17.9. The molecular weight excluding hydrogens is 450 g/mol. The average Bonchev–Trinajstić information content (AvgIpc) is 3.49. The van der Waals surface area contributed by atoms with Gasteiger partial charge in [-0.25, -0.2) is 17.9 Å². The molecule has 1 aliphatic rings. The molecule has 1 aliphatic heterocycles. The number of aryl methyl sites for hydroxylation is 1. The number of hydrogen-bond donors (Lipinski definition) is 1. The van der Waals surface area contributed by atoms with E-state index in [0.717, 1.165) is 0 Å². The first-order chi connectivity index (χ1) is 15.8. The van der Waals surface area contributed by atoms with Crippen LogP contribution in [-0.2, 0) is 26.0 Å². The third-order valence-corrected chi connectivity index (χ3v) is 6.83. The summed E-state index contributed by atoms with van der Waals surface area (Å²) in [4.78, 5) is 24.8. The maximum Gasteiger partial charge on any atom is 0.375 e. The molecule has 0 bridgehead atoms. The average molecular weight is 474 g/mol. The highest BCUT2D eigenvalue weighted by Gasteiger charge is 2.31.